The van der Waals surface area contributed by atoms with E-state index in [4.69, 9.17) is 11.6 Å². The van der Waals surface area contributed by atoms with Gasteiger partial charge in [-0.25, -0.2) is 8.42 Å². The third-order valence-corrected chi connectivity index (χ3v) is 7.22. The third kappa shape index (κ3) is 5.22. The molecule has 0 unspecified atom stereocenters. The van der Waals surface area contributed by atoms with Crippen LogP contribution in [-0.4, -0.2) is 25.4 Å². The number of carbonyl (C=O) groups excluding carboxylic acids is 1. The molecule has 6 nitrogen and oxygen atoms in total. The zero-order valence-electron chi connectivity index (χ0n) is 17.8. The smallest absolute Gasteiger partial charge is 0.243 e. The molecular formula is C25H22ClN3O3S. The standard InChI is InChI=1S/C25H22ClN3O3S/c1-17-20(26)12-6-13-21(17)28-25(30)22(16-18-8-3-2-4-9-18)29-33(31,32)23-14-5-10-19-11-7-15-27-24(19)23/h2-15,22,29H,16H2,1H3,(H,28,30)/t22-/m0/s1. The van der Waals surface area contributed by atoms with Gasteiger partial charge in [-0.3, -0.25) is 9.78 Å². The second kappa shape index (κ2) is 9.70. The molecule has 0 fully saturated rings. The molecule has 168 valence electrons. The van der Waals surface area contributed by atoms with Crippen LogP contribution in [0, 0.1) is 6.92 Å². The van der Waals surface area contributed by atoms with E-state index in [0.29, 0.717) is 27.2 Å². The Balaban J connectivity index is 1.68. The number of nitrogens with zero attached hydrogens (tertiary/aromatic N) is 1. The number of benzene rings is 3. The number of anilines is 1. The van der Waals surface area contributed by atoms with Gasteiger partial charge in [-0.2, -0.15) is 4.72 Å². The molecule has 2 N–H and O–H groups in total. The van der Waals surface area contributed by atoms with Crippen LogP contribution in [0.4, 0.5) is 5.69 Å². The summed E-state index contributed by atoms with van der Waals surface area (Å²) in [5, 5.41) is 4.02. The number of sulfonamides is 1. The third-order valence-electron chi connectivity index (χ3n) is 5.31. The molecule has 0 saturated heterocycles. The molecule has 3 aromatic carbocycles. The Labute approximate surface area is 197 Å². The van der Waals surface area contributed by atoms with Crippen LogP contribution in [0.1, 0.15) is 11.1 Å². The number of halogens is 1. The Kier molecular flexibility index (Phi) is 6.74. The molecule has 0 aliphatic carbocycles. The van der Waals surface area contributed by atoms with E-state index in [9.17, 15) is 13.2 Å². The van der Waals surface area contributed by atoms with Crippen molar-refractivity contribution in [2.45, 2.75) is 24.3 Å². The van der Waals surface area contributed by atoms with Gasteiger partial charge in [-0.1, -0.05) is 66.2 Å². The quantitative estimate of drug-likeness (QED) is 0.401. The summed E-state index contributed by atoms with van der Waals surface area (Å²) >= 11 is 6.18. The van der Waals surface area contributed by atoms with Gasteiger partial charge < -0.3 is 5.32 Å². The summed E-state index contributed by atoms with van der Waals surface area (Å²) in [5.74, 6) is -0.485. The van der Waals surface area contributed by atoms with E-state index in [1.54, 1.807) is 49.4 Å². The van der Waals surface area contributed by atoms with E-state index < -0.39 is 22.0 Å². The van der Waals surface area contributed by atoms with Crippen LogP contribution in [0.2, 0.25) is 5.02 Å². The fraction of sp³-hybridized carbons (Fsp3) is 0.120. The highest BCUT2D eigenvalue weighted by molar-refractivity contribution is 7.89. The Morgan fingerprint density at radius 3 is 2.48 bits per heavy atom. The molecule has 0 aliphatic heterocycles. The van der Waals surface area contributed by atoms with Crippen molar-refractivity contribution in [1.82, 2.24) is 9.71 Å². The predicted molar refractivity (Wildman–Crippen MR) is 131 cm³/mol. The summed E-state index contributed by atoms with van der Waals surface area (Å²) in [7, 11) is -4.06. The monoisotopic (exact) mass is 479 g/mol. The van der Waals surface area contributed by atoms with Crippen LogP contribution >= 0.6 is 11.6 Å². The van der Waals surface area contributed by atoms with Crippen LogP contribution in [0.3, 0.4) is 0 Å². The minimum absolute atomic E-state index is 0.0189. The summed E-state index contributed by atoms with van der Waals surface area (Å²) < 4.78 is 29.3. The molecule has 0 spiro atoms. The Bertz CT molecular complexity index is 1400. The maximum Gasteiger partial charge on any atom is 0.243 e. The summed E-state index contributed by atoms with van der Waals surface area (Å²) in [6.45, 7) is 1.79. The van der Waals surface area contributed by atoms with Crippen LogP contribution in [0.5, 0.6) is 0 Å². The van der Waals surface area contributed by atoms with Gasteiger partial charge in [0, 0.05) is 22.3 Å². The van der Waals surface area contributed by atoms with Gasteiger partial charge in [0.2, 0.25) is 15.9 Å². The molecule has 4 rings (SSSR count). The molecule has 4 aromatic rings. The van der Waals surface area contributed by atoms with Crippen molar-refractivity contribution in [1.29, 1.82) is 0 Å². The number of carbonyl (C=O) groups is 1. The first-order valence-corrected chi connectivity index (χ1v) is 12.2. The zero-order chi connectivity index (χ0) is 23.4. The van der Waals surface area contributed by atoms with Crippen molar-refractivity contribution < 1.29 is 13.2 Å². The number of nitrogens with one attached hydrogen (secondary N) is 2. The number of pyridine rings is 1. The summed E-state index contributed by atoms with van der Waals surface area (Å²) in [6.07, 6.45) is 1.71. The van der Waals surface area contributed by atoms with E-state index in [0.717, 1.165) is 5.56 Å². The fourth-order valence-electron chi connectivity index (χ4n) is 3.54. The normalized spacial score (nSPS) is 12.4. The minimum atomic E-state index is -4.06. The lowest BCUT2D eigenvalue weighted by atomic mass is 10.1. The van der Waals surface area contributed by atoms with Crippen molar-refractivity contribution in [3.05, 3.63) is 101 Å². The van der Waals surface area contributed by atoms with E-state index in [-0.39, 0.29) is 11.3 Å². The molecule has 0 bridgehead atoms. The second-order valence-corrected chi connectivity index (χ2v) is 9.69. The van der Waals surface area contributed by atoms with Crippen molar-refractivity contribution in [2.75, 3.05) is 5.32 Å². The summed E-state index contributed by atoms with van der Waals surface area (Å²) in [6, 6.07) is 21.8. The van der Waals surface area contributed by atoms with Gasteiger partial charge in [0.05, 0.1) is 5.52 Å². The van der Waals surface area contributed by atoms with Crippen molar-refractivity contribution in [3.8, 4) is 0 Å². The summed E-state index contributed by atoms with van der Waals surface area (Å²) in [4.78, 5) is 17.5. The molecule has 0 saturated carbocycles. The molecule has 1 atom stereocenters. The largest absolute Gasteiger partial charge is 0.324 e. The molecule has 8 heteroatoms. The first-order chi connectivity index (χ1) is 15.8. The van der Waals surface area contributed by atoms with Gasteiger partial charge in [0.1, 0.15) is 10.9 Å². The first kappa shape index (κ1) is 22.9. The number of fused-ring (bicyclic) bond motifs is 1. The van der Waals surface area contributed by atoms with Crippen molar-refractivity contribution >= 4 is 44.1 Å². The van der Waals surface area contributed by atoms with E-state index in [2.05, 4.69) is 15.0 Å². The predicted octanol–water partition coefficient (Wildman–Crippen LogP) is 4.72. The van der Waals surface area contributed by atoms with E-state index in [1.807, 2.05) is 30.3 Å². The SMILES string of the molecule is Cc1c(Cl)cccc1NC(=O)[C@H](Cc1ccccc1)NS(=O)(=O)c1cccc2cccnc12. The highest BCUT2D eigenvalue weighted by Crippen LogP contribution is 2.24. The summed E-state index contributed by atoms with van der Waals surface area (Å²) in [5.41, 5.74) is 2.39. The first-order valence-electron chi connectivity index (χ1n) is 10.3. The second-order valence-electron chi connectivity index (χ2n) is 7.60. The van der Waals surface area contributed by atoms with Crippen LogP contribution in [-0.2, 0) is 21.2 Å². The maximum atomic E-state index is 13.4. The van der Waals surface area contributed by atoms with Gasteiger partial charge >= 0.3 is 0 Å². The molecule has 1 amide bonds. The van der Waals surface area contributed by atoms with Crippen LogP contribution < -0.4 is 10.0 Å². The molecule has 33 heavy (non-hydrogen) atoms. The number of para-hydroxylation sites is 1. The Hall–Kier alpha value is -3.26. The fourth-order valence-corrected chi connectivity index (χ4v) is 5.09. The Morgan fingerprint density at radius 1 is 0.970 bits per heavy atom. The highest BCUT2D eigenvalue weighted by atomic mass is 35.5. The lowest BCUT2D eigenvalue weighted by molar-refractivity contribution is -0.117. The highest BCUT2D eigenvalue weighted by Gasteiger charge is 2.28. The minimum Gasteiger partial charge on any atom is -0.324 e. The van der Waals surface area contributed by atoms with E-state index >= 15 is 0 Å². The number of hydrogen-bond acceptors (Lipinski definition) is 4. The lowest BCUT2D eigenvalue weighted by Crippen LogP contribution is -2.45. The lowest BCUT2D eigenvalue weighted by Gasteiger charge is -2.20. The topological polar surface area (TPSA) is 88.2 Å². The number of aromatic nitrogens is 1. The van der Waals surface area contributed by atoms with Crippen LogP contribution in [0.25, 0.3) is 10.9 Å². The Morgan fingerprint density at radius 2 is 1.70 bits per heavy atom. The van der Waals surface area contributed by atoms with Gasteiger partial charge in [0.25, 0.3) is 0 Å². The number of amides is 1. The molecular weight excluding hydrogens is 458 g/mol. The number of rotatable bonds is 7. The molecule has 1 aromatic heterocycles. The number of hydrogen-bond donors (Lipinski definition) is 2. The van der Waals surface area contributed by atoms with Crippen molar-refractivity contribution in [2.24, 2.45) is 0 Å². The average Bonchev–Trinajstić information content (AvgIpc) is 2.81. The van der Waals surface area contributed by atoms with Gasteiger partial charge in [-0.15, -0.1) is 0 Å². The molecule has 1 heterocycles. The van der Waals surface area contributed by atoms with Crippen LogP contribution in [0.15, 0.2) is 90.0 Å². The van der Waals surface area contributed by atoms with Gasteiger partial charge in [0.15, 0.2) is 0 Å². The molecule has 0 aliphatic rings. The van der Waals surface area contributed by atoms with E-state index in [1.165, 1.54) is 12.3 Å². The average molecular weight is 480 g/mol. The zero-order valence-corrected chi connectivity index (χ0v) is 19.4. The van der Waals surface area contributed by atoms with Crippen molar-refractivity contribution in [3.63, 3.8) is 0 Å². The maximum absolute atomic E-state index is 13.4. The van der Waals surface area contributed by atoms with Gasteiger partial charge in [-0.05, 0) is 48.7 Å². The molecule has 0 radical (unpaired) electrons.